The summed E-state index contributed by atoms with van der Waals surface area (Å²) in [6.45, 7) is 3.20. The van der Waals surface area contributed by atoms with Crippen molar-refractivity contribution in [3.8, 4) is 11.3 Å². The van der Waals surface area contributed by atoms with Crippen molar-refractivity contribution in [2.24, 2.45) is 0 Å². The molecule has 32 heavy (non-hydrogen) atoms. The first kappa shape index (κ1) is 21.6. The molecule has 9 nitrogen and oxygen atoms in total. The molecule has 0 fully saturated rings. The van der Waals surface area contributed by atoms with Gasteiger partial charge in [0.05, 0.1) is 17.3 Å². The summed E-state index contributed by atoms with van der Waals surface area (Å²) < 4.78 is 56.6. The van der Waals surface area contributed by atoms with Crippen LogP contribution in [0.2, 0.25) is 0 Å². The number of hydrogen-bond donors (Lipinski definition) is 3. The molecule has 1 unspecified atom stereocenters. The van der Waals surface area contributed by atoms with Crippen LogP contribution in [0.3, 0.4) is 0 Å². The van der Waals surface area contributed by atoms with Gasteiger partial charge in [0, 0.05) is 11.8 Å². The van der Waals surface area contributed by atoms with Crippen LogP contribution < -0.4 is 10.0 Å². The van der Waals surface area contributed by atoms with Gasteiger partial charge in [-0.3, -0.25) is 4.72 Å². The van der Waals surface area contributed by atoms with Gasteiger partial charge in [-0.15, -0.1) is 0 Å². The molecule has 0 radical (unpaired) electrons. The van der Waals surface area contributed by atoms with E-state index in [0.29, 0.717) is 28.8 Å². The van der Waals surface area contributed by atoms with E-state index in [9.17, 15) is 12.8 Å². The molecule has 0 saturated heterocycles. The van der Waals surface area contributed by atoms with E-state index in [1.165, 1.54) is 25.8 Å². The number of sulfonamides is 1. The second-order valence-electron chi connectivity index (χ2n) is 7.00. The maximum Gasteiger partial charge on any atom is 0.235 e. The fourth-order valence-electron chi connectivity index (χ4n) is 3.00. The molecule has 166 valence electrons. The predicted octanol–water partition coefficient (Wildman–Crippen LogP) is 3.98. The SMILES string of the molecule is CCC(C)S(=O)(=O)Nc1ccc(F)c(Nc2ncccc2-c2ncnc3nc[nH]c23)c1F. The van der Waals surface area contributed by atoms with Crippen LogP contribution in [0.25, 0.3) is 22.4 Å². The van der Waals surface area contributed by atoms with E-state index >= 15 is 4.39 Å². The Labute approximate surface area is 182 Å². The van der Waals surface area contributed by atoms with Crippen molar-refractivity contribution in [1.82, 2.24) is 24.9 Å². The van der Waals surface area contributed by atoms with Crippen LogP contribution in [-0.4, -0.2) is 38.6 Å². The second kappa shape index (κ2) is 8.46. The van der Waals surface area contributed by atoms with Gasteiger partial charge in [0.1, 0.15) is 34.9 Å². The first-order valence-electron chi connectivity index (χ1n) is 9.68. The van der Waals surface area contributed by atoms with E-state index in [1.54, 1.807) is 19.1 Å². The Bertz CT molecular complexity index is 1390. The molecule has 1 aromatic carbocycles. The molecule has 0 bridgehead atoms. The highest BCUT2D eigenvalue weighted by Crippen LogP contribution is 2.34. The van der Waals surface area contributed by atoms with Crippen molar-refractivity contribution in [3.05, 3.63) is 54.8 Å². The van der Waals surface area contributed by atoms with E-state index in [1.807, 2.05) is 0 Å². The highest BCUT2D eigenvalue weighted by Gasteiger charge is 2.23. The second-order valence-corrected chi connectivity index (χ2v) is 9.10. The van der Waals surface area contributed by atoms with Gasteiger partial charge in [-0.2, -0.15) is 0 Å². The Kier molecular flexibility index (Phi) is 5.70. The molecule has 4 rings (SSSR count). The maximum atomic E-state index is 15.2. The first-order chi connectivity index (χ1) is 15.3. The molecule has 0 spiro atoms. The van der Waals surface area contributed by atoms with Gasteiger partial charge < -0.3 is 10.3 Å². The maximum absolute atomic E-state index is 15.2. The Morgan fingerprint density at radius 1 is 1.12 bits per heavy atom. The van der Waals surface area contributed by atoms with Crippen LogP contribution in [0, 0.1) is 11.6 Å². The number of halogens is 2. The van der Waals surface area contributed by atoms with Crippen LogP contribution in [-0.2, 0) is 10.0 Å². The molecule has 0 aliphatic rings. The lowest BCUT2D eigenvalue weighted by atomic mass is 10.1. The number of hydrogen-bond acceptors (Lipinski definition) is 7. The van der Waals surface area contributed by atoms with E-state index in [2.05, 4.69) is 35.0 Å². The molecular formula is C20H19F2N7O2S. The van der Waals surface area contributed by atoms with E-state index in [-0.39, 0.29) is 11.5 Å². The summed E-state index contributed by atoms with van der Waals surface area (Å²) >= 11 is 0. The molecule has 12 heteroatoms. The zero-order valence-electron chi connectivity index (χ0n) is 17.1. The average Bonchev–Trinajstić information content (AvgIpc) is 3.27. The summed E-state index contributed by atoms with van der Waals surface area (Å²) in [5, 5.41) is 1.89. The van der Waals surface area contributed by atoms with Crippen LogP contribution in [0.1, 0.15) is 20.3 Å². The van der Waals surface area contributed by atoms with Gasteiger partial charge in [0.15, 0.2) is 11.5 Å². The molecule has 0 aliphatic heterocycles. The zero-order valence-corrected chi connectivity index (χ0v) is 17.9. The standard InChI is InChI=1S/C20H19F2N7O2S/c1-3-11(2)32(30,31)29-14-7-6-13(21)17(15(14)22)28-19-12(5-4-8-23-19)16-18-20(26-9-24-16)27-10-25-18/h4-11,29H,3H2,1-2H3,(H,23,28)(H,24,25,26,27). The Morgan fingerprint density at radius 2 is 1.94 bits per heavy atom. The summed E-state index contributed by atoms with van der Waals surface area (Å²) in [6, 6.07) is 5.32. The lowest BCUT2D eigenvalue weighted by Gasteiger charge is -2.17. The Balaban J connectivity index is 1.76. The number of aromatic nitrogens is 5. The minimum Gasteiger partial charge on any atom is -0.341 e. The third-order valence-electron chi connectivity index (χ3n) is 4.98. The van der Waals surface area contributed by atoms with Crippen molar-refractivity contribution in [3.63, 3.8) is 0 Å². The van der Waals surface area contributed by atoms with E-state index in [0.717, 1.165) is 12.1 Å². The normalized spacial score (nSPS) is 12.6. The molecule has 4 aromatic rings. The fourth-order valence-corrected chi connectivity index (χ4v) is 4.11. The number of H-pyrrole nitrogens is 1. The van der Waals surface area contributed by atoms with Crippen LogP contribution in [0.5, 0.6) is 0 Å². The lowest BCUT2D eigenvalue weighted by Crippen LogP contribution is -2.25. The Hall–Kier alpha value is -3.67. The molecule has 3 N–H and O–H groups in total. The van der Waals surface area contributed by atoms with Gasteiger partial charge in [0.2, 0.25) is 10.0 Å². The number of aromatic amines is 1. The van der Waals surface area contributed by atoms with Gasteiger partial charge >= 0.3 is 0 Å². The van der Waals surface area contributed by atoms with Gasteiger partial charge in [-0.25, -0.2) is 37.1 Å². The summed E-state index contributed by atoms with van der Waals surface area (Å²) in [5.41, 5.74) is 0.892. The molecule has 1 atom stereocenters. The Morgan fingerprint density at radius 3 is 2.72 bits per heavy atom. The third-order valence-corrected chi connectivity index (χ3v) is 6.87. The highest BCUT2D eigenvalue weighted by molar-refractivity contribution is 7.93. The number of fused-ring (bicyclic) bond motifs is 1. The molecule has 0 saturated carbocycles. The smallest absolute Gasteiger partial charge is 0.235 e. The van der Waals surface area contributed by atoms with Crippen LogP contribution in [0.15, 0.2) is 43.1 Å². The minimum atomic E-state index is -3.84. The highest BCUT2D eigenvalue weighted by atomic mass is 32.2. The largest absolute Gasteiger partial charge is 0.341 e. The van der Waals surface area contributed by atoms with Crippen molar-refractivity contribution in [2.75, 3.05) is 10.0 Å². The average molecular weight is 459 g/mol. The summed E-state index contributed by atoms with van der Waals surface area (Å²) in [6.07, 6.45) is 4.56. The van der Waals surface area contributed by atoms with Gasteiger partial charge in [0.25, 0.3) is 0 Å². The van der Waals surface area contributed by atoms with Gasteiger partial charge in [-0.05, 0) is 37.6 Å². The molecule has 0 aliphatic carbocycles. The monoisotopic (exact) mass is 459 g/mol. The topological polar surface area (TPSA) is 126 Å². The molecule has 0 amide bonds. The number of imidazole rings is 1. The summed E-state index contributed by atoms with van der Waals surface area (Å²) in [4.78, 5) is 19.5. The number of rotatable bonds is 7. The molecule has 3 heterocycles. The third kappa shape index (κ3) is 3.96. The predicted molar refractivity (Wildman–Crippen MR) is 117 cm³/mol. The van der Waals surface area contributed by atoms with Crippen molar-refractivity contribution >= 4 is 38.4 Å². The lowest BCUT2D eigenvalue weighted by molar-refractivity contribution is 0.581. The number of nitrogens with zero attached hydrogens (tertiary/aromatic N) is 4. The summed E-state index contributed by atoms with van der Waals surface area (Å²) in [5.74, 6) is -1.90. The first-order valence-corrected chi connectivity index (χ1v) is 11.2. The van der Waals surface area contributed by atoms with Crippen molar-refractivity contribution in [2.45, 2.75) is 25.5 Å². The quantitative estimate of drug-likeness (QED) is 0.382. The molecular weight excluding hydrogens is 440 g/mol. The van der Waals surface area contributed by atoms with Gasteiger partial charge in [-0.1, -0.05) is 6.92 Å². The zero-order chi connectivity index (χ0) is 22.9. The van der Waals surface area contributed by atoms with E-state index < -0.39 is 32.6 Å². The number of anilines is 3. The fraction of sp³-hybridized carbons (Fsp3) is 0.200. The van der Waals surface area contributed by atoms with E-state index in [4.69, 9.17) is 0 Å². The van der Waals surface area contributed by atoms with Crippen molar-refractivity contribution in [1.29, 1.82) is 0 Å². The number of pyridine rings is 1. The number of benzene rings is 1. The number of nitrogens with one attached hydrogen (secondary N) is 3. The van der Waals surface area contributed by atoms with Crippen molar-refractivity contribution < 1.29 is 17.2 Å². The summed E-state index contributed by atoms with van der Waals surface area (Å²) in [7, 11) is -3.84. The van der Waals surface area contributed by atoms with Crippen LogP contribution >= 0.6 is 0 Å². The minimum absolute atomic E-state index is 0.113. The van der Waals surface area contributed by atoms with Crippen LogP contribution in [0.4, 0.5) is 26.0 Å². The molecule has 3 aromatic heterocycles.